The molecule has 1 saturated carbocycles. The lowest BCUT2D eigenvalue weighted by atomic mass is 9.70. The van der Waals surface area contributed by atoms with E-state index in [1.54, 1.807) is 0 Å². The van der Waals surface area contributed by atoms with Crippen molar-refractivity contribution in [3.05, 3.63) is 12.3 Å². The molecule has 3 aliphatic rings. The summed E-state index contributed by atoms with van der Waals surface area (Å²) in [6.45, 7) is 2.00. The van der Waals surface area contributed by atoms with Crippen LogP contribution in [0, 0.1) is 11.8 Å². The molecule has 0 aromatic heterocycles. The standard InChI is InChI=1S/C13H20O2/c1-2-7-14-12-8-11-9-5-3-4-6-10(9)13(12)15-11/h2,7,9-13H,3-6,8H2,1H3/b7-2+. The summed E-state index contributed by atoms with van der Waals surface area (Å²) in [6.07, 6.45) is 11.7. The molecule has 2 aliphatic heterocycles. The normalized spacial score (nSPS) is 48.5. The predicted octanol–water partition coefficient (Wildman–Crippen LogP) is 2.88. The first-order valence-corrected chi connectivity index (χ1v) is 6.32. The molecule has 0 radical (unpaired) electrons. The summed E-state index contributed by atoms with van der Waals surface area (Å²) >= 11 is 0. The van der Waals surface area contributed by atoms with Gasteiger partial charge in [-0.3, -0.25) is 0 Å². The molecule has 5 atom stereocenters. The van der Waals surface area contributed by atoms with Crippen molar-refractivity contribution >= 4 is 0 Å². The predicted molar refractivity (Wildman–Crippen MR) is 58.4 cm³/mol. The molecule has 0 aromatic rings. The Morgan fingerprint density at radius 3 is 2.80 bits per heavy atom. The van der Waals surface area contributed by atoms with Gasteiger partial charge in [0.25, 0.3) is 0 Å². The highest BCUT2D eigenvalue weighted by Gasteiger charge is 2.54. The Balaban J connectivity index is 1.69. The third-order valence-electron chi connectivity index (χ3n) is 4.33. The van der Waals surface area contributed by atoms with E-state index in [1.807, 2.05) is 19.3 Å². The Hall–Kier alpha value is -0.500. The minimum absolute atomic E-state index is 0.338. The third kappa shape index (κ3) is 1.50. The molecule has 84 valence electrons. The van der Waals surface area contributed by atoms with Crippen molar-refractivity contribution in [2.45, 2.75) is 57.3 Å². The second-order valence-electron chi connectivity index (χ2n) is 5.13. The van der Waals surface area contributed by atoms with Gasteiger partial charge in [0.2, 0.25) is 0 Å². The molecule has 2 saturated heterocycles. The first kappa shape index (κ1) is 9.71. The number of allylic oxidation sites excluding steroid dienone is 1. The molecule has 5 unspecified atom stereocenters. The average molecular weight is 208 g/mol. The van der Waals surface area contributed by atoms with Gasteiger partial charge >= 0.3 is 0 Å². The maximum Gasteiger partial charge on any atom is 0.127 e. The van der Waals surface area contributed by atoms with E-state index in [0.717, 1.165) is 18.3 Å². The Kier molecular flexibility index (Phi) is 2.47. The third-order valence-corrected chi connectivity index (χ3v) is 4.33. The molecule has 2 heteroatoms. The van der Waals surface area contributed by atoms with E-state index in [9.17, 15) is 0 Å². The Labute approximate surface area is 91.6 Å². The zero-order chi connectivity index (χ0) is 10.3. The Bertz CT molecular complexity index is 261. The quantitative estimate of drug-likeness (QED) is 0.650. The monoisotopic (exact) mass is 208 g/mol. The zero-order valence-electron chi connectivity index (χ0n) is 9.39. The smallest absolute Gasteiger partial charge is 0.127 e. The van der Waals surface area contributed by atoms with Gasteiger partial charge in [-0.05, 0) is 31.6 Å². The molecule has 3 rings (SSSR count). The fourth-order valence-corrected chi connectivity index (χ4v) is 3.73. The molecule has 2 nitrogen and oxygen atoms in total. The van der Waals surface area contributed by atoms with Crippen LogP contribution in [0.5, 0.6) is 0 Å². The average Bonchev–Trinajstić information content (AvgIpc) is 2.85. The van der Waals surface area contributed by atoms with Crippen LogP contribution in [0.3, 0.4) is 0 Å². The number of ether oxygens (including phenoxy) is 2. The van der Waals surface area contributed by atoms with Crippen LogP contribution < -0.4 is 0 Å². The van der Waals surface area contributed by atoms with Gasteiger partial charge in [-0.15, -0.1) is 0 Å². The van der Waals surface area contributed by atoms with Gasteiger partial charge in [0.05, 0.1) is 18.5 Å². The van der Waals surface area contributed by atoms with E-state index < -0.39 is 0 Å². The molecule has 2 heterocycles. The van der Waals surface area contributed by atoms with Crippen molar-refractivity contribution in [2.75, 3.05) is 0 Å². The van der Waals surface area contributed by atoms with E-state index in [4.69, 9.17) is 9.47 Å². The van der Waals surface area contributed by atoms with Gasteiger partial charge in [0.15, 0.2) is 0 Å². The summed E-state index contributed by atoms with van der Waals surface area (Å²) in [5.74, 6) is 1.65. The first-order chi connectivity index (χ1) is 7.40. The van der Waals surface area contributed by atoms with Crippen molar-refractivity contribution < 1.29 is 9.47 Å². The fourth-order valence-electron chi connectivity index (χ4n) is 3.73. The summed E-state index contributed by atoms with van der Waals surface area (Å²) < 4.78 is 11.8. The van der Waals surface area contributed by atoms with Crippen LogP contribution in [-0.2, 0) is 9.47 Å². The van der Waals surface area contributed by atoms with E-state index >= 15 is 0 Å². The molecular weight excluding hydrogens is 188 g/mol. The lowest BCUT2D eigenvalue weighted by Gasteiger charge is -2.35. The minimum atomic E-state index is 0.338. The molecule has 1 aliphatic carbocycles. The summed E-state index contributed by atoms with van der Waals surface area (Å²) in [4.78, 5) is 0. The van der Waals surface area contributed by atoms with Gasteiger partial charge in [0, 0.05) is 6.42 Å². The number of hydrogen-bond donors (Lipinski definition) is 0. The molecule has 0 aromatic carbocycles. The van der Waals surface area contributed by atoms with Crippen LogP contribution >= 0.6 is 0 Å². The summed E-state index contributed by atoms with van der Waals surface area (Å²) in [6, 6.07) is 0. The molecular formula is C13H20O2. The topological polar surface area (TPSA) is 18.5 Å². The molecule has 0 N–H and O–H groups in total. The summed E-state index contributed by atoms with van der Waals surface area (Å²) in [5, 5.41) is 0. The van der Waals surface area contributed by atoms with Crippen molar-refractivity contribution in [1.29, 1.82) is 0 Å². The fraction of sp³-hybridized carbons (Fsp3) is 0.846. The van der Waals surface area contributed by atoms with E-state index in [-0.39, 0.29) is 0 Å². The van der Waals surface area contributed by atoms with Crippen molar-refractivity contribution in [3.63, 3.8) is 0 Å². The van der Waals surface area contributed by atoms with Gasteiger partial charge < -0.3 is 9.47 Å². The highest BCUT2D eigenvalue weighted by molar-refractivity contribution is 5.03. The zero-order valence-corrected chi connectivity index (χ0v) is 9.39. The summed E-state index contributed by atoms with van der Waals surface area (Å²) in [7, 11) is 0. The van der Waals surface area contributed by atoms with Crippen LogP contribution in [0.2, 0.25) is 0 Å². The highest BCUT2D eigenvalue weighted by atomic mass is 16.6. The van der Waals surface area contributed by atoms with Crippen LogP contribution in [-0.4, -0.2) is 18.3 Å². The van der Waals surface area contributed by atoms with Crippen LogP contribution in [0.4, 0.5) is 0 Å². The molecule has 3 fully saturated rings. The first-order valence-electron chi connectivity index (χ1n) is 6.32. The van der Waals surface area contributed by atoms with Crippen LogP contribution in [0.15, 0.2) is 12.3 Å². The van der Waals surface area contributed by atoms with Gasteiger partial charge in [-0.25, -0.2) is 0 Å². The van der Waals surface area contributed by atoms with E-state index in [0.29, 0.717) is 18.3 Å². The SMILES string of the molecule is C/C=C/OC1CC2OC1C1CCCCC21. The van der Waals surface area contributed by atoms with Crippen LogP contribution in [0.25, 0.3) is 0 Å². The highest BCUT2D eigenvalue weighted by Crippen LogP contribution is 2.50. The molecule has 0 amide bonds. The van der Waals surface area contributed by atoms with E-state index in [2.05, 4.69) is 0 Å². The van der Waals surface area contributed by atoms with Crippen molar-refractivity contribution in [1.82, 2.24) is 0 Å². The number of fused-ring (bicyclic) bond motifs is 5. The van der Waals surface area contributed by atoms with Gasteiger partial charge in [0.1, 0.15) is 6.10 Å². The molecule has 2 bridgehead atoms. The second-order valence-corrected chi connectivity index (χ2v) is 5.13. The number of rotatable bonds is 2. The second kappa shape index (κ2) is 3.82. The van der Waals surface area contributed by atoms with E-state index in [1.165, 1.54) is 25.7 Å². The Morgan fingerprint density at radius 2 is 2.00 bits per heavy atom. The van der Waals surface area contributed by atoms with Crippen LogP contribution in [0.1, 0.15) is 39.0 Å². The maximum atomic E-state index is 6.07. The largest absolute Gasteiger partial charge is 0.496 e. The number of hydrogen-bond acceptors (Lipinski definition) is 2. The van der Waals surface area contributed by atoms with Gasteiger partial charge in [-0.1, -0.05) is 18.9 Å². The van der Waals surface area contributed by atoms with Crippen molar-refractivity contribution in [2.24, 2.45) is 11.8 Å². The molecule has 15 heavy (non-hydrogen) atoms. The lowest BCUT2D eigenvalue weighted by molar-refractivity contribution is 0.0188. The minimum Gasteiger partial charge on any atom is -0.496 e. The van der Waals surface area contributed by atoms with Gasteiger partial charge in [-0.2, -0.15) is 0 Å². The summed E-state index contributed by atoms with van der Waals surface area (Å²) in [5.41, 5.74) is 0. The maximum absolute atomic E-state index is 6.07. The van der Waals surface area contributed by atoms with Crippen molar-refractivity contribution in [3.8, 4) is 0 Å². The Morgan fingerprint density at radius 1 is 1.20 bits per heavy atom. The lowest BCUT2D eigenvalue weighted by Crippen LogP contribution is -2.38. The molecule has 0 spiro atoms.